The minimum Gasteiger partial charge on any atom is -0.494 e. The highest BCUT2D eigenvalue weighted by Gasteiger charge is 2.01. The van der Waals surface area contributed by atoms with Crippen LogP contribution >= 0.6 is 0 Å². The highest BCUT2D eigenvalue weighted by atomic mass is 17.2. The van der Waals surface area contributed by atoms with Crippen molar-refractivity contribution in [2.75, 3.05) is 6.61 Å². The van der Waals surface area contributed by atoms with E-state index in [1.165, 1.54) is 0 Å². The molecule has 0 N–H and O–H groups in total. The van der Waals surface area contributed by atoms with Gasteiger partial charge in [0.05, 0.1) is 6.61 Å². The van der Waals surface area contributed by atoms with E-state index in [0.29, 0.717) is 18.1 Å². The van der Waals surface area contributed by atoms with Gasteiger partial charge in [-0.25, -0.2) is 9.68 Å². The van der Waals surface area contributed by atoms with Crippen LogP contribution in [0.4, 0.5) is 0 Å². The second kappa shape index (κ2) is 5.70. The summed E-state index contributed by atoms with van der Waals surface area (Å²) in [5.41, 5.74) is 0. The number of ether oxygens (including phenoxy) is 1. The Morgan fingerprint density at radius 3 is 2.87 bits per heavy atom. The molecule has 0 saturated carbocycles. The molecular weight excluding hydrogens is 196 g/mol. The Balaban J connectivity index is 2.57. The van der Waals surface area contributed by atoms with Crippen LogP contribution in [0.15, 0.2) is 36.9 Å². The number of carbonyl (C=O) groups is 1. The van der Waals surface area contributed by atoms with Crippen LogP contribution in [-0.2, 0) is 9.68 Å². The zero-order valence-electron chi connectivity index (χ0n) is 8.43. The van der Waals surface area contributed by atoms with Crippen molar-refractivity contribution in [1.82, 2.24) is 0 Å². The molecule has 4 heteroatoms. The molecule has 0 aliphatic rings. The third-order valence-electron chi connectivity index (χ3n) is 1.50. The Morgan fingerprint density at radius 2 is 2.20 bits per heavy atom. The van der Waals surface area contributed by atoms with E-state index in [2.05, 4.69) is 11.5 Å². The van der Waals surface area contributed by atoms with E-state index in [1.54, 1.807) is 24.3 Å². The molecule has 0 atom stereocenters. The van der Waals surface area contributed by atoms with Gasteiger partial charge in [-0.1, -0.05) is 12.6 Å². The molecule has 15 heavy (non-hydrogen) atoms. The van der Waals surface area contributed by atoms with E-state index in [0.717, 1.165) is 6.08 Å². The molecule has 0 bridgehead atoms. The number of hydrogen-bond acceptors (Lipinski definition) is 4. The van der Waals surface area contributed by atoms with Crippen LogP contribution in [-0.4, -0.2) is 12.6 Å². The third kappa shape index (κ3) is 3.72. The Bertz CT molecular complexity index is 346. The zero-order chi connectivity index (χ0) is 11.1. The summed E-state index contributed by atoms with van der Waals surface area (Å²) in [7, 11) is 0. The van der Waals surface area contributed by atoms with Crippen molar-refractivity contribution >= 4 is 5.97 Å². The highest BCUT2D eigenvalue weighted by Crippen LogP contribution is 2.19. The molecule has 0 aliphatic heterocycles. The van der Waals surface area contributed by atoms with Gasteiger partial charge in [-0.2, -0.15) is 0 Å². The standard InChI is InChI=1S/C11H12O4/c1-3-11(12)15-14-10-7-5-6-9(8-10)13-4-2/h3,5-8H,1,4H2,2H3. The second-order valence-corrected chi connectivity index (χ2v) is 2.60. The van der Waals surface area contributed by atoms with E-state index >= 15 is 0 Å². The lowest BCUT2D eigenvalue weighted by atomic mass is 10.3. The van der Waals surface area contributed by atoms with Crippen molar-refractivity contribution in [2.24, 2.45) is 0 Å². The summed E-state index contributed by atoms with van der Waals surface area (Å²) in [5, 5.41) is 0. The fourth-order valence-electron chi connectivity index (χ4n) is 0.906. The molecule has 1 aromatic rings. The van der Waals surface area contributed by atoms with Crippen molar-refractivity contribution in [1.29, 1.82) is 0 Å². The third-order valence-corrected chi connectivity index (χ3v) is 1.50. The quantitative estimate of drug-likeness (QED) is 0.422. The minimum atomic E-state index is -0.642. The lowest BCUT2D eigenvalue weighted by Crippen LogP contribution is -2.04. The smallest absolute Gasteiger partial charge is 0.378 e. The van der Waals surface area contributed by atoms with Gasteiger partial charge < -0.3 is 4.74 Å². The van der Waals surface area contributed by atoms with Crippen molar-refractivity contribution in [3.05, 3.63) is 36.9 Å². The van der Waals surface area contributed by atoms with Crippen LogP contribution < -0.4 is 9.62 Å². The first-order chi connectivity index (χ1) is 7.26. The van der Waals surface area contributed by atoms with Gasteiger partial charge in [0.25, 0.3) is 0 Å². The molecule has 0 amide bonds. The topological polar surface area (TPSA) is 44.8 Å². The highest BCUT2D eigenvalue weighted by molar-refractivity contribution is 5.80. The van der Waals surface area contributed by atoms with Crippen molar-refractivity contribution in [2.45, 2.75) is 6.92 Å². The van der Waals surface area contributed by atoms with Crippen LogP contribution in [0.1, 0.15) is 6.92 Å². The molecule has 0 heterocycles. The van der Waals surface area contributed by atoms with Crippen LogP contribution in [0.25, 0.3) is 0 Å². The number of carbonyl (C=O) groups excluding carboxylic acids is 1. The van der Waals surface area contributed by atoms with E-state index in [-0.39, 0.29) is 0 Å². The summed E-state index contributed by atoms with van der Waals surface area (Å²) in [6, 6.07) is 6.80. The van der Waals surface area contributed by atoms with E-state index in [9.17, 15) is 4.79 Å². The minimum absolute atomic E-state index is 0.399. The first kappa shape index (κ1) is 11.1. The first-order valence-corrected chi connectivity index (χ1v) is 4.50. The van der Waals surface area contributed by atoms with Crippen LogP contribution in [0.5, 0.6) is 11.5 Å². The number of hydrogen-bond donors (Lipinski definition) is 0. The van der Waals surface area contributed by atoms with Crippen LogP contribution in [0, 0.1) is 0 Å². The number of rotatable bonds is 5. The van der Waals surface area contributed by atoms with Crippen molar-refractivity contribution in [3.63, 3.8) is 0 Å². The summed E-state index contributed by atoms with van der Waals surface area (Å²) >= 11 is 0. The van der Waals surface area contributed by atoms with Crippen molar-refractivity contribution < 1.29 is 19.3 Å². The Kier molecular flexibility index (Phi) is 4.22. The van der Waals surface area contributed by atoms with Crippen molar-refractivity contribution in [3.8, 4) is 11.5 Å². The largest absolute Gasteiger partial charge is 0.494 e. The predicted molar refractivity (Wildman–Crippen MR) is 54.5 cm³/mol. The zero-order valence-corrected chi connectivity index (χ0v) is 8.43. The van der Waals surface area contributed by atoms with Gasteiger partial charge in [-0.05, 0) is 19.1 Å². The molecule has 80 valence electrons. The van der Waals surface area contributed by atoms with Gasteiger partial charge in [0.1, 0.15) is 5.75 Å². The Morgan fingerprint density at radius 1 is 1.47 bits per heavy atom. The molecule has 0 fully saturated rings. The normalized spacial score (nSPS) is 9.13. The molecule has 0 unspecified atom stereocenters. The molecule has 1 rings (SSSR count). The Hall–Kier alpha value is -1.97. The van der Waals surface area contributed by atoms with Crippen LogP contribution in [0.2, 0.25) is 0 Å². The molecule has 0 spiro atoms. The Labute approximate surface area is 88.0 Å². The lowest BCUT2D eigenvalue weighted by molar-refractivity contribution is -0.207. The van der Waals surface area contributed by atoms with Gasteiger partial charge in [-0.3, -0.25) is 4.89 Å². The molecular formula is C11H12O4. The maximum absolute atomic E-state index is 10.7. The summed E-state index contributed by atoms with van der Waals surface area (Å²) in [4.78, 5) is 19.8. The first-order valence-electron chi connectivity index (χ1n) is 4.50. The molecule has 0 aromatic heterocycles. The summed E-state index contributed by atoms with van der Waals surface area (Å²) in [6.45, 7) is 5.69. The predicted octanol–water partition coefficient (Wildman–Crippen LogP) is 2.11. The average molecular weight is 208 g/mol. The molecule has 0 radical (unpaired) electrons. The fraction of sp³-hybridized carbons (Fsp3) is 0.182. The van der Waals surface area contributed by atoms with Gasteiger partial charge in [0.2, 0.25) is 0 Å². The van der Waals surface area contributed by atoms with Gasteiger partial charge >= 0.3 is 5.97 Å². The van der Waals surface area contributed by atoms with Gasteiger partial charge in [0, 0.05) is 12.1 Å². The SMILES string of the molecule is C=CC(=O)OOc1cccc(OCC)c1. The van der Waals surface area contributed by atoms with Gasteiger partial charge in [-0.15, -0.1) is 0 Å². The van der Waals surface area contributed by atoms with Crippen LogP contribution in [0.3, 0.4) is 0 Å². The summed E-state index contributed by atoms with van der Waals surface area (Å²) in [6.07, 6.45) is 1.02. The maximum Gasteiger partial charge on any atom is 0.378 e. The molecule has 0 saturated heterocycles. The molecule has 1 aromatic carbocycles. The fourth-order valence-corrected chi connectivity index (χ4v) is 0.906. The summed E-state index contributed by atoms with van der Waals surface area (Å²) < 4.78 is 5.24. The average Bonchev–Trinajstić information content (AvgIpc) is 2.27. The van der Waals surface area contributed by atoms with Gasteiger partial charge in [0.15, 0.2) is 5.75 Å². The molecule has 4 nitrogen and oxygen atoms in total. The van der Waals surface area contributed by atoms with E-state index in [4.69, 9.17) is 9.62 Å². The monoisotopic (exact) mass is 208 g/mol. The summed E-state index contributed by atoms with van der Waals surface area (Å²) in [5.74, 6) is 0.414. The molecule has 0 aliphatic carbocycles. The second-order valence-electron chi connectivity index (χ2n) is 2.60. The van der Waals surface area contributed by atoms with E-state index in [1.807, 2.05) is 6.92 Å². The number of benzene rings is 1. The van der Waals surface area contributed by atoms with E-state index < -0.39 is 5.97 Å². The lowest BCUT2D eigenvalue weighted by Gasteiger charge is -2.05. The maximum atomic E-state index is 10.7.